The summed E-state index contributed by atoms with van der Waals surface area (Å²) in [5.74, 6) is -0.881. The van der Waals surface area contributed by atoms with Gasteiger partial charge >= 0.3 is 5.97 Å². The Bertz CT molecular complexity index is 272. The molecule has 1 aliphatic carbocycles. The van der Waals surface area contributed by atoms with Gasteiger partial charge in [-0.1, -0.05) is 13.8 Å². The number of carboxylic acids is 1. The van der Waals surface area contributed by atoms with Gasteiger partial charge in [-0.15, -0.1) is 0 Å². The Morgan fingerprint density at radius 1 is 1.38 bits per heavy atom. The van der Waals surface area contributed by atoms with Gasteiger partial charge in [0.1, 0.15) is 0 Å². The minimum Gasteiger partial charge on any atom is -0.481 e. The van der Waals surface area contributed by atoms with Crippen LogP contribution in [0.1, 0.15) is 33.1 Å². The Balaban J connectivity index is 2.13. The normalized spacial score (nSPS) is 17.2. The smallest absolute Gasteiger partial charge is 0.311 e. The third-order valence-corrected chi connectivity index (χ3v) is 2.84. The molecule has 0 aromatic carbocycles. The Kier molecular flexibility index (Phi) is 4.29. The summed E-state index contributed by atoms with van der Waals surface area (Å²) in [4.78, 5) is 22.2. The Labute approximate surface area is 95.6 Å². The number of rotatable bonds is 7. The van der Waals surface area contributed by atoms with E-state index >= 15 is 0 Å². The van der Waals surface area contributed by atoms with Crippen LogP contribution in [0, 0.1) is 5.41 Å². The van der Waals surface area contributed by atoms with Crippen LogP contribution < -0.4 is 10.6 Å². The fourth-order valence-electron chi connectivity index (χ4n) is 1.45. The molecule has 0 unspecified atom stereocenters. The number of carbonyl (C=O) groups is 2. The zero-order valence-electron chi connectivity index (χ0n) is 9.88. The van der Waals surface area contributed by atoms with Crippen LogP contribution in [0.25, 0.3) is 0 Å². The number of carbonyl (C=O) groups excluding carboxylic acids is 1. The molecule has 1 saturated carbocycles. The van der Waals surface area contributed by atoms with E-state index in [9.17, 15) is 9.59 Å². The van der Waals surface area contributed by atoms with Crippen molar-refractivity contribution in [2.45, 2.75) is 39.2 Å². The van der Waals surface area contributed by atoms with E-state index in [-0.39, 0.29) is 12.5 Å². The Morgan fingerprint density at radius 3 is 2.44 bits per heavy atom. The largest absolute Gasteiger partial charge is 0.481 e. The molecule has 1 amide bonds. The van der Waals surface area contributed by atoms with Crippen LogP contribution in [0.4, 0.5) is 0 Å². The zero-order valence-corrected chi connectivity index (χ0v) is 9.88. The van der Waals surface area contributed by atoms with Gasteiger partial charge in [0.15, 0.2) is 0 Å². The van der Waals surface area contributed by atoms with Gasteiger partial charge < -0.3 is 15.7 Å². The molecule has 0 spiro atoms. The highest BCUT2D eigenvalue weighted by Gasteiger charge is 2.50. The molecule has 1 aliphatic rings. The maximum Gasteiger partial charge on any atom is 0.311 e. The van der Waals surface area contributed by atoms with E-state index in [1.165, 1.54) is 0 Å². The SMILES string of the molecule is CC(C)NCCC(=O)NCC1(C(=O)O)CC1. The van der Waals surface area contributed by atoms with Gasteiger partial charge in [0, 0.05) is 25.6 Å². The molecule has 1 rings (SSSR count). The van der Waals surface area contributed by atoms with E-state index in [1.54, 1.807) is 0 Å². The van der Waals surface area contributed by atoms with Crippen molar-refractivity contribution >= 4 is 11.9 Å². The van der Waals surface area contributed by atoms with E-state index < -0.39 is 11.4 Å². The molecular weight excluding hydrogens is 208 g/mol. The lowest BCUT2D eigenvalue weighted by Crippen LogP contribution is -2.36. The monoisotopic (exact) mass is 228 g/mol. The lowest BCUT2D eigenvalue weighted by atomic mass is 10.1. The van der Waals surface area contributed by atoms with Crippen molar-refractivity contribution in [1.29, 1.82) is 0 Å². The van der Waals surface area contributed by atoms with Crippen molar-refractivity contribution in [3.63, 3.8) is 0 Å². The van der Waals surface area contributed by atoms with Gasteiger partial charge in [-0.25, -0.2) is 0 Å². The summed E-state index contributed by atoms with van der Waals surface area (Å²) in [7, 11) is 0. The fraction of sp³-hybridized carbons (Fsp3) is 0.818. The number of amides is 1. The van der Waals surface area contributed by atoms with E-state index in [1.807, 2.05) is 13.8 Å². The highest BCUT2D eigenvalue weighted by atomic mass is 16.4. The summed E-state index contributed by atoms with van der Waals surface area (Å²) in [5, 5.41) is 14.7. The van der Waals surface area contributed by atoms with Gasteiger partial charge in [-0.3, -0.25) is 9.59 Å². The van der Waals surface area contributed by atoms with Gasteiger partial charge in [0.05, 0.1) is 5.41 Å². The fourth-order valence-corrected chi connectivity index (χ4v) is 1.45. The predicted octanol–water partition coefficient (Wildman–Crippen LogP) is 0.355. The summed E-state index contributed by atoms with van der Waals surface area (Å²) in [6.45, 7) is 4.93. The van der Waals surface area contributed by atoms with Crippen LogP contribution in [0.15, 0.2) is 0 Å². The number of carboxylic acid groups (broad SMARTS) is 1. The molecule has 92 valence electrons. The number of hydrogen-bond donors (Lipinski definition) is 3. The first kappa shape index (κ1) is 13.0. The Morgan fingerprint density at radius 2 is 2.00 bits per heavy atom. The molecule has 0 saturated heterocycles. The van der Waals surface area contributed by atoms with Crippen molar-refractivity contribution in [1.82, 2.24) is 10.6 Å². The first-order valence-electron chi connectivity index (χ1n) is 5.70. The zero-order chi connectivity index (χ0) is 12.2. The van der Waals surface area contributed by atoms with Gasteiger partial charge in [0.25, 0.3) is 0 Å². The van der Waals surface area contributed by atoms with Crippen molar-refractivity contribution in [3.8, 4) is 0 Å². The Hall–Kier alpha value is -1.10. The second-order valence-electron chi connectivity index (χ2n) is 4.72. The summed E-state index contributed by atoms with van der Waals surface area (Å²) in [6, 6.07) is 0.363. The summed E-state index contributed by atoms with van der Waals surface area (Å²) >= 11 is 0. The van der Waals surface area contributed by atoms with Crippen LogP contribution in [-0.4, -0.2) is 36.1 Å². The summed E-state index contributed by atoms with van der Waals surface area (Å²) in [6.07, 6.45) is 1.74. The van der Waals surface area contributed by atoms with Crippen molar-refractivity contribution in [2.75, 3.05) is 13.1 Å². The molecule has 5 nitrogen and oxygen atoms in total. The average molecular weight is 228 g/mol. The van der Waals surface area contributed by atoms with Crippen molar-refractivity contribution < 1.29 is 14.7 Å². The molecule has 5 heteroatoms. The number of hydrogen-bond acceptors (Lipinski definition) is 3. The van der Waals surface area contributed by atoms with Crippen LogP contribution >= 0.6 is 0 Å². The summed E-state index contributed by atoms with van der Waals surface area (Å²) < 4.78 is 0. The molecule has 16 heavy (non-hydrogen) atoms. The average Bonchev–Trinajstić information content (AvgIpc) is 2.95. The van der Waals surface area contributed by atoms with E-state index in [0.717, 1.165) is 0 Å². The van der Waals surface area contributed by atoms with E-state index in [2.05, 4.69) is 10.6 Å². The maximum atomic E-state index is 11.4. The van der Waals surface area contributed by atoms with Crippen molar-refractivity contribution in [3.05, 3.63) is 0 Å². The third kappa shape index (κ3) is 3.81. The molecule has 3 N–H and O–H groups in total. The standard InChI is InChI=1S/C11H20N2O3/c1-8(2)12-6-3-9(14)13-7-11(4-5-11)10(15)16/h8,12H,3-7H2,1-2H3,(H,13,14)(H,15,16). The molecular formula is C11H20N2O3. The molecule has 0 heterocycles. The lowest BCUT2D eigenvalue weighted by molar-refractivity contribution is -0.143. The first-order chi connectivity index (χ1) is 7.46. The molecule has 0 bridgehead atoms. The molecule has 0 aromatic rings. The second-order valence-corrected chi connectivity index (χ2v) is 4.72. The van der Waals surface area contributed by atoms with Crippen LogP contribution in [-0.2, 0) is 9.59 Å². The molecule has 1 fully saturated rings. The number of nitrogens with one attached hydrogen (secondary N) is 2. The van der Waals surface area contributed by atoms with Crippen LogP contribution in [0.2, 0.25) is 0 Å². The molecule has 0 atom stereocenters. The highest BCUT2D eigenvalue weighted by molar-refractivity contribution is 5.80. The van der Waals surface area contributed by atoms with Gasteiger partial charge in [0.2, 0.25) is 5.91 Å². The van der Waals surface area contributed by atoms with Gasteiger partial charge in [-0.05, 0) is 12.8 Å². The highest BCUT2D eigenvalue weighted by Crippen LogP contribution is 2.45. The minimum atomic E-state index is -0.798. The predicted molar refractivity (Wildman–Crippen MR) is 60.1 cm³/mol. The summed E-state index contributed by atoms with van der Waals surface area (Å²) in [5.41, 5.74) is -0.666. The van der Waals surface area contributed by atoms with E-state index in [0.29, 0.717) is 31.8 Å². The molecule has 0 aliphatic heterocycles. The maximum absolute atomic E-state index is 11.4. The lowest BCUT2D eigenvalue weighted by Gasteiger charge is -2.12. The van der Waals surface area contributed by atoms with E-state index in [4.69, 9.17) is 5.11 Å². The number of aliphatic carboxylic acids is 1. The second kappa shape index (κ2) is 5.30. The third-order valence-electron chi connectivity index (χ3n) is 2.84. The van der Waals surface area contributed by atoms with Crippen LogP contribution in [0.5, 0.6) is 0 Å². The topological polar surface area (TPSA) is 78.4 Å². The van der Waals surface area contributed by atoms with Gasteiger partial charge in [-0.2, -0.15) is 0 Å². The van der Waals surface area contributed by atoms with Crippen molar-refractivity contribution in [2.24, 2.45) is 5.41 Å². The quantitative estimate of drug-likeness (QED) is 0.587. The first-order valence-corrected chi connectivity index (χ1v) is 5.70. The minimum absolute atomic E-state index is 0.0827. The molecule has 0 radical (unpaired) electrons. The molecule has 0 aromatic heterocycles. The van der Waals surface area contributed by atoms with Crippen LogP contribution in [0.3, 0.4) is 0 Å².